The van der Waals surface area contributed by atoms with Crippen LogP contribution in [-0.4, -0.2) is 29.2 Å². The Labute approximate surface area is 206 Å². The topological polar surface area (TPSA) is 65.4 Å². The third-order valence-corrected chi connectivity index (χ3v) is 5.99. The Morgan fingerprint density at radius 3 is 2.51 bits per heavy atom. The van der Waals surface area contributed by atoms with E-state index in [1.807, 2.05) is 37.3 Å². The van der Waals surface area contributed by atoms with Crippen LogP contribution in [0.1, 0.15) is 53.1 Å². The zero-order valence-corrected chi connectivity index (χ0v) is 20.9. The highest BCUT2D eigenvalue weighted by atomic mass is 16.5. The zero-order chi connectivity index (χ0) is 24.8. The van der Waals surface area contributed by atoms with Crippen molar-refractivity contribution < 1.29 is 14.3 Å². The van der Waals surface area contributed by atoms with E-state index in [-0.39, 0.29) is 11.9 Å². The van der Waals surface area contributed by atoms with Crippen LogP contribution in [0.2, 0.25) is 0 Å². The number of para-hydroxylation sites is 2. The molecule has 1 amide bonds. The predicted molar refractivity (Wildman–Crippen MR) is 139 cm³/mol. The number of carbonyl (C=O) groups is 1. The fraction of sp³-hybridized carbons (Fsp3) is 0.310. The fourth-order valence-electron chi connectivity index (χ4n) is 4.35. The van der Waals surface area contributed by atoms with Crippen molar-refractivity contribution in [2.45, 2.75) is 46.2 Å². The van der Waals surface area contributed by atoms with Gasteiger partial charge in [-0.15, -0.1) is 0 Å². The molecular weight excluding hydrogens is 438 g/mol. The van der Waals surface area contributed by atoms with E-state index in [4.69, 9.17) is 14.5 Å². The second kappa shape index (κ2) is 11.1. The van der Waals surface area contributed by atoms with Gasteiger partial charge in [-0.25, -0.2) is 4.98 Å². The van der Waals surface area contributed by atoms with Crippen LogP contribution in [0, 0.1) is 13.8 Å². The standard InChI is InChI=1S/C29H33N3O3/c1-20-16-21(2)18-25(17-20)35-15-8-7-14-32-27-13-6-5-12-26(27)31-28(32)22(3)30-29(33)23-10-9-11-24(19-23)34-4/h5-6,9-13,16-19,22H,7-8,14-15H2,1-4H3,(H,30,33). The van der Waals surface area contributed by atoms with Gasteiger partial charge in [-0.05, 0) is 87.2 Å². The third kappa shape index (κ3) is 6.01. The van der Waals surface area contributed by atoms with Crippen molar-refractivity contribution in [3.05, 3.63) is 89.2 Å². The van der Waals surface area contributed by atoms with E-state index in [0.717, 1.165) is 42.0 Å². The predicted octanol–water partition coefficient (Wildman–Crippen LogP) is 6.01. The molecule has 0 aliphatic carbocycles. The Morgan fingerprint density at radius 2 is 1.74 bits per heavy atom. The van der Waals surface area contributed by atoms with Gasteiger partial charge in [0.1, 0.15) is 17.3 Å². The Bertz CT molecular complexity index is 1290. The Morgan fingerprint density at radius 1 is 0.971 bits per heavy atom. The largest absolute Gasteiger partial charge is 0.497 e. The first-order chi connectivity index (χ1) is 16.9. The molecule has 0 fully saturated rings. The van der Waals surface area contributed by atoms with E-state index >= 15 is 0 Å². The van der Waals surface area contributed by atoms with Gasteiger partial charge in [-0.2, -0.15) is 0 Å². The van der Waals surface area contributed by atoms with E-state index in [9.17, 15) is 4.79 Å². The molecule has 0 bridgehead atoms. The molecule has 1 N–H and O–H groups in total. The maximum absolute atomic E-state index is 12.9. The highest BCUT2D eigenvalue weighted by molar-refractivity contribution is 5.94. The van der Waals surface area contributed by atoms with Crippen molar-refractivity contribution >= 4 is 16.9 Å². The number of ether oxygens (including phenoxy) is 2. The molecule has 6 heteroatoms. The molecule has 0 saturated carbocycles. The van der Waals surface area contributed by atoms with Crippen molar-refractivity contribution in [2.24, 2.45) is 0 Å². The molecule has 4 aromatic rings. The molecule has 1 aromatic heterocycles. The number of benzene rings is 3. The van der Waals surface area contributed by atoms with E-state index in [1.165, 1.54) is 11.1 Å². The molecule has 35 heavy (non-hydrogen) atoms. The summed E-state index contributed by atoms with van der Waals surface area (Å²) in [5, 5.41) is 3.10. The lowest BCUT2D eigenvalue weighted by molar-refractivity contribution is 0.0937. The second-order valence-electron chi connectivity index (χ2n) is 8.92. The number of aryl methyl sites for hydroxylation is 3. The van der Waals surface area contributed by atoms with Crippen molar-refractivity contribution in [3.63, 3.8) is 0 Å². The smallest absolute Gasteiger partial charge is 0.251 e. The summed E-state index contributed by atoms with van der Waals surface area (Å²) in [6.45, 7) is 7.59. The Kier molecular flexibility index (Phi) is 7.70. The molecule has 3 aromatic carbocycles. The van der Waals surface area contributed by atoms with Gasteiger partial charge in [0.15, 0.2) is 0 Å². The SMILES string of the molecule is COc1cccc(C(=O)NC(C)c2nc3ccccc3n2CCCCOc2cc(C)cc(C)c2)c1. The molecule has 0 saturated heterocycles. The van der Waals surface area contributed by atoms with Crippen LogP contribution >= 0.6 is 0 Å². The van der Waals surface area contributed by atoms with Crippen LogP contribution in [0.5, 0.6) is 11.5 Å². The quantitative estimate of drug-likeness (QED) is 0.288. The number of nitrogens with one attached hydrogen (secondary N) is 1. The number of nitrogens with zero attached hydrogens (tertiary/aromatic N) is 2. The summed E-state index contributed by atoms with van der Waals surface area (Å²) in [5.41, 5.74) is 4.97. The number of fused-ring (bicyclic) bond motifs is 1. The van der Waals surface area contributed by atoms with E-state index in [0.29, 0.717) is 17.9 Å². The highest BCUT2D eigenvalue weighted by Crippen LogP contribution is 2.23. The fourth-order valence-corrected chi connectivity index (χ4v) is 4.35. The molecule has 1 heterocycles. The summed E-state index contributed by atoms with van der Waals surface area (Å²) in [5.74, 6) is 2.26. The second-order valence-corrected chi connectivity index (χ2v) is 8.92. The summed E-state index contributed by atoms with van der Waals surface area (Å²) < 4.78 is 13.4. The summed E-state index contributed by atoms with van der Waals surface area (Å²) in [6, 6.07) is 21.3. The number of hydrogen-bond donors (Lipinski definition) is 1. The van der Waals surface area contributed by atoms with E-state index < -0.39 is 0 Å². The number of rotatable bonds is 10. The van der Waals surface area contributed by atoms with Gasteiger partial charge >= 0.3 is 0 Å². The van der Waals surface area contributed by atoms with E-state index in [1.54, 1.807) is 19.2 Å². The maximum Gasteiger partial charge on any atom is 0.251 e. The molecule has 0 spiro atoms. The van der Waals surface area contributed by atoms with Crippen molar-refractivity contribution in [2.75, 3.05) is 13.7 Å². The molecule has 1 unspecified atom stereocenters. The number of methoxy groups -OCH3 is 1. The van der Waals surface area contributed by atoms with Crippen molar-refractivity contribution in [3.8, 4) is 11.5 Å². The minimum atomic E-state index is -0.257. The number of hydrogen-bond acceptors (Lipinski definition) is 4. The first-order valence-corrected chi connectivity index (χ1v) is 12.1. The molecule has 0 aliphatic heterocycles. The van der Waals surface area contributed by atoms with Crippen LogP contribution in [0.15, 0.2) is 66.7 Å². The monoisotopic (exact) mass is 471 g/mol. The van der Waals surface area contributed by atoms with Crippen LogP contribution in [0.25, 0.3) is 11.0 Å². The summed E-state index contributed by atoms with van der Waals surface area (Å²) >= 11 is 0. The average molecular weight is 472 g/mol. The van der Waals surface area contributed by atoms with Gasteiger partial charge < -0.3 is 19.4 Å². The Hall–Kier alpha value is -3.80. The lowest BCUT2D eigenvalue weighted by atomic mass is 10.1. The number of amides is 1. The summed E-state index contributed by atoms with van der Waals surface area (Å²) in [7, 11) is 1.59. The summed E-state index contributed by atoms with van der Waals surface area (Å²) in [6.07, 6.45) is 1.86. The number of imidazole rings is 1. The van der Waals surface area contributed by atoms with Gasteiger partial charge in [0.2, 0.25) is 0 Å². The number of unbranched alkanes of at least 4 members (excludes halogenated alkanes) is 1. The lowest BCUT2D eigenvalue weighted by Crippen LogP contribution is -2.28. The van der Waals surface area contributed by atoms with Crippen LogP contribution in [-0.2, 0) is 6.54 Å². The molecular formula is C29H33N3O3. The molecule has 0 radical (unpaired) electrons. The number of aromatic nitrogens is 2. The average Bonchev–Trinajstić information content (AvgIpc) is 3.22. The highest BCUT2D eigenvalue weighted by Gasteiger charge is 2.19. The first-order valence-electron chi connectivity index (χ1n) is 12.1. The first kappa shape index (κ1) is 24.3. The van der Waals surface area contributed by atoms with Gasteiger partial charge in [0.05, 0.1) is 30.8 Å². The number of carbonyl (C=O) groups excluding carboxylic acids is 1. The molecule has 0 aliphatic rings. The van der Waals surface area contributed by atoms with Gasteiger partial charge in [0, 0.05) is 12.1 Å². The minimum absolute atomic E-state index is 0.156. The maximum atomic E-state index is 12.9. The molecule has 182 valence electrons. The Balaban J connectivity index is 1.43. The zero-order valence-electron chi connectivity index (χ0n) is 20.9. The third-order valence-electron chi connectivity index (χ3n) is 5.99. The summed E-state index contributed by atoms with van der Waals surface area (Å²) in [4.78, 5) is 17.7. The van der Waals surface area contributed by atoms with E-state index in [2.05, 4.69) is 48.0 Å². The lowest BCUT2D eigenvalue weighted by Gasteiger charge is -2.17. The molecule has 6 nitrogen and oxygen atoms in total. The molecule has 1 atom stereocenters. The molecule has 4 rings (SSSR count). The van der Waals surface area contributed by atoms with Gasteiger partial charge in [0.25, 0.3) is 5.91 Å². The van der Waals surface area contributed by atoms with Crippen molar-refractivity contribution in [1.29, 1.82) is 0 Å². The van der Waals surface area contributed by atoms with Crippen LogP contribution < -0.4 is 14.8 Å². The van der Waals surface area contributed by atoms with Crippen LogP contribution in [0.3, 0.4) is 0 Å². The van der Waals surface area contributed by atoms with Crippen molar-refractivity contribution in [1.82, 2.24) is 14.9 Å². The van der Waals surface area contributed by atoms with Gasteiger partial charge in [-0.3, -0.25) is 4.79 Å². The minimum Gasteiger partial charge on any atom is -0.497 e. The van der Waals surface area contributed by atoms with Gasteiger partial charge in [-0.1, -0.05) is 24.3 Å². The normalized spacial score (nSPS) is 11.9. The van der Waals surface area contributed by atoms with Crippen LogP contribution in [0.4, 0.5) is 0 Å².